The van der Waals surface area contributed by atoms with E-state index in [0.29, 0.717) is 45.4 Å². The summed E-state index contributed by atoms with van der Waals surface area (Å²) >= 11 is 0. The quantitative estimate of drug-likeness (QED) is 0.614. The first kappa shape index (κ1) is 20.6. The maximum absolute atomic E-state index is 12.9. The van der Waals surface area contributed by atoms with Crippen molar-refractivity contribution in [3.05, 3.63) is 47.5 Å². The molecule has 0 unspecified atom stereocenters. The number of hydrogen-bond acceptors (Lipinski definition) is 6. The molecule has 0 atom stereocenters. The molecule has 0 radical (unpaired) electrons. The van der Waals surface area contributed by atoms with E-state index >= 15 is 0 Å². The number of hydrogen-bond donors (Lipinski definition) is 0. The SMILES string of the molecule is COc1cc(-c2cc3c(c(C)n2)C(=O)N(c2cnn(CC(F)(F)F)c2)C3)cnc1OC. The number of pyridine rings is 2. The van der Waals surface area contributed by atoms with E-state index in [0.717, 1.165) is 4.68 Å². The minimum atomic E-state index is -4.40. The van der Waals surface area contributed by atoms with Gasteiger partial charge in [0, 0.05) is 18.0 Å². The Bertz CT molecular complexity index is 1160. The molecular weight excluding hydrogens is 415 g/mol. The summed E-state index contributed by atoms with van der Waals surface area (Å²) in [5, 5.41) is 3.72. The molecule has 31 heavy (non-hydrogen) atoms. The molecule has 4 rings (SSSR count). The van der Waals surface area contributed by atoms with Gasteiger partial charge < -0.3 is 14.4 Å². The Kier molecular flexibility index (Phi) is 5.03. The number of nitrogens with zero attached hydrogens (tertiary/aromatic N) is 5. The minimum absolute atomic E-state index is 0.197. The maximum Gasteiger partial charge on any atom is 0.408 e. The number of carbonyl (C=O) groups is 1. The molecule has 8 nitrogen and oxygen atoms in total. The maximum atomic E-state index is 12.9. The first-order valence-electron chi connectivity index (χ1n) is 9.20. The number of rotatable bonds is 5. The van der Waals surface area contributed by atoms with Gasteiger partial charge in [0.25, 0.3) is 11.8 Å². The van der Waals surface area contributed by atoms with Gasteiger partial charge >= 0.3 is 6.18 Å². The van der Waals surface area contributed by atoms with Gasteiger partial charge in [-0.25, -0.2) is 4.98 Å². The lowest BCUT2D eigenvalue weighted by Gasteiger charge is -2.12. The van der Waals surface area contributed by atoms with Crippen LogP contribution in [0.2, 0.25) is 0 Å². The number of carbonyl (C=O) groups excluding carboxylic acids is 1. The highest BCUT2D eigenvalue weighted by atomic mass is 19.4. The Morgan fingerprint density at radius 2 is 1.94 bits per heavy atom. The number of aryl methyl sites for hydroxylation is 1. The van der Waals surface area contributed by atoms with Gasteiger partial charge in [0.15, 0.2) is 5.75 Å². The van der Waals surface area contributed by atoms with Gasteiger partial charge in [0.2, 0.25) is 0 Å². The molecule has 1 aliphatic heterocycles. The van der Waals surface area contributed by atoms with Crippen LogP contribution in [0.5, 0.6) is 11.6 Å². The van der Waals surface area contributed by atoms with Crippen molar-refractivity contribution in [3.63, 3.8) is 0 Å². The molecule has 3 aromatic heterocycles. The first-order chi connectivity index (χ1) is 14.7. The number of halogens is 3. The molecule has 4 heterocycles. The monoisotopic (exact) mass is 433 g/mol. The molecule has 162 valence electrons. The lowest BCUT2D eigenvalue weighted by molar-refractivity contribution is -0.142. The van der Waals surface area contributed by atoms with Crippen LogP contribution in [-0.2, 0) is 13.1 Å². The molecule has 3 aromatic rings. The Hall–Kier alpha value is -3.63. The van der Waals surface area contributed by atoms with E-state index < -0.39 is 12.7 Å². The van der Waals surface area contributed by atoms with Crippen LogP contribution in [0.3, 0.4) is 0 Å². The molecule has 11 heteroatoms. The summed E-state index contributed by atoms with van der Waals surface area (Å²) in [6.45, 7) is 0.687. The lowest BCUT2D eigenvalue weighted by atomic mass is 10.1. The number of fused-ring (bicyclic) bond motifs is 1. The third kappa shape index (κ3) is 3.90. The van der Waals surface area contributed by atoms with E-state index in [2.05, 4.69) is 15.1 Å². The summed E-state index contributed by atoms with van der Waals surface area (Å²) in [7, 11) is 2.99. The fourth-order valence-corrected chi connectivity index (χ4v) is 3.52. The Balaban J connectivity index is 1.66. The number of aromatic nitrogens is 4. The number of methoxy groups -OCH3 is 2. The van der Waals surface area contributed by atoms with Crippen LogP contribution < -0.4 is 14.4 Å². The molecule has 0 fully saturated rings. The highest BCUT2D eigenvalue weighted by Crippen LogP contribution is 2.34. The summed E-state index contributed by atoms with van der Waals surface area (Å²) in [5.74, 6) is 0.444. The van der Waals surface area contributed by atoms with Crippen molar-refractivity contribution < 1.29 is 27.4 Å². The normalized spacial score (nSPS) is 13.5. The summed E-state index contributed by atoms with van der Waals surface area (Å²) in [6, 6.07) is 3.50. The van der Waals surface area contributed by atoms with Crippen LogP contribution >= 0.6 is 0 Å². The molecule has 1 aliphatic rings. The van der Waals surface area contributed by atoms with E-state index in [1.54, 1.807) is 25.3 Å². The van der Waals surface area contributed by atoms with Crippen molar-refractivity contribution in [1.82, 2.24) is 19.7 Å². The summed E-state index contributed by atoms with van der Waals surface area (Å²) < 4.78 is 49.0. The second kappa shape index (κ2) is 7.56. The van der Waals surface area contributed by atoms with Crippen molar-refractivity contribution >= 4 is 11.6 Å². The zero-order valence-electron chi connectivity index (χ0n) is 16.9. The van der Waals surface area contributed by atoms with Crippen LogP contribution in [0.25, 0.3) is 11.3 Å². The van der Waals surface area contributed by atoms with Crippen LogP contribution in [0, 0.1) is 6.92 Å². The zero-order chi connectivity index (χ0) is 22.3. The third-order valence-corrected chi connectivity index (χ3v) is 4.87. The lowest BCUT2D eigenvalue weighted by Crippen LogP contribution is -2.23. The predicted octanol–water partition coefficient (Wildman–Crippen LogP) is 3.39. The van der Waals surface area contributed by atoms with E-state index in [4.69, 9.17) is 9.47 Å². The van der Waals surface area contributed by atoms with Crippen molar-refractivity contribution in [3.8, 4) is 22.9 Å². The number of alkyl halides is 3. The van der Waals surface area contributed by atoms with Crippen LogP contribution in [0.1, 0.15) is 21.6 Å². The van der Waals surface area contributed by atoms with Crippen molar-refractivity contribution in [1.29, 1.82) is 0 Å². The van der Waals surface area contributed by atoms with Gasteiger partial charge in [0.05, 0.1) is 49.6 Å². The topological polar surface area (TPSA) is 82.4 Å². The van der Waals surface area contributed by atoms with Gasteiger partial charge in [-0.2, -0.15) is 18.3 Å². The zero-order valence-corrected chi connectivity index (χ0v) is 16.9. The molecule has 0 saturated carbocycles. The molecule has 0 spiro atoms. The van der Waals surface area contributed by atoms with Crippen LogP contribution in [-0.4, -0.2) is 46.1 Å². The van der Waals surface area contributed by atoms with Gasteiger partial charge in [-0.1, -0.05) is 0 Å². The summed E-state index contributed by atoms with van der Waals surface area (Å²) in [6.07, 6.45) is -0.355. The standard InChI is InChI=1S/C20H18F3N5O3/c1-11-17-13(4-15(26-11)12-5-16(30-2)18(31-3)24-6-12)8-28(19(17)29)14-7-25-27(9-14)10-20(21,22)23/h4-7,9H,8,10H2,1-3H3. The average molecular weight is 433 g/mol. The van der Waals surface area contributed by atoms with Gasteiger partial charge in [-0.15, -0.1) is 0 Å². The molecule has 1 amide bonds. The average Bonchev–Trinajstić information content (AvgIpc) is 3.30. The second-order valence-electron chi connectivity index (χ2n) is 6.97. The molecule has 0 aromatic carbocycles. The Labute approximate surface area is 175 Å². The fraction of sp³-hybridized carbons (Fsp3) is 0.300. The predicted molar refractivity (Wildman–Crippen MR) is 104 cm³/mol. The third-order valence-electron chi connectivity index (χ3n) is 4.87. The minimum Gasteiger partial charge on any atom is -0.491 e. The molecular formula is C20H18F3N5O3. The van der Waals surface area contributed by atoms with Gasteiger partial charge in [-0.05, 0) is 24.6 Å². The van der Waals surface area contributed by atoms with E-state index in [1.165, 1.54) is 31.5 Å². The fourth-order valence-electron chi connectivity index (χ4n) is 3.52. The molecule has 0 saturated heterocycles. The largest absolute Gasteiger partial charge is 0.491 e. The van der Waals surface area contributed by atoms with Crippen molar-refractivity contribution in [2.45, 2.75) is 26.2 Å². The second-order valence-corrected chi connectivity index (χ2v) is 6.97. The number of amides is 1. The van der Waals surface area contributed by atoms with Crippen LogP contribution in [0.4, 0.5) is 18.9 Å². The van der Waals surface area contributed by atoms with E-state index in [1.807, 2.05) is 0 Å². The van der Waals surface area contributed by atoms with Crippen LogP contribution in [0.15, 0.2) is 30.7 Å². The molecule has 0 N–H and O–H groups in total. The van der Waals surface area contributed by atoms with Gasteiger partial charge in [0.1, 0.15) is 6.54 Å². The molecule has 0 bridgehead atoms. The number of anilines is 1. The number of ether oxygens (including phenoxy) is 2. The van der Waals surface area contributed by atoms with Crippen molar-refractivity contribution in [2.24, 2.45) is 0 Å². The van der Waals surface area contributed by atoms with E-state index in [-0.39, 0.29) is 12.5 Å². The van der Waals surface area contributed by atoms with Gasteiger partial charge in [-0.3, -0.25) is 14.5 Å². The highest BCUT2D eigenvalue weighted by molar-refractivity contribution is 6.10. The smallest absolute Gasteiger partial charge is 0.408 e. The Morgan fingerprint density at radius 1 is 1.16 bits per heavy atom. The Morgan fingerprint density at radius 3 is 2.61 bits per heavy atom. The van der Waals surface area contributed by atoms with E-state index in [9.17, 15) is 18.0 Å². The molecule has 0 aliphatic carbocycles. The summed E-state index contributed by atoms with van der Waals surface area (Å²) in [4.78, 5) is 23.0. The van der Waals surface area contributed by atoms with Crippen molar-refractivity contribution in [2.75, 3.05) is 19.1 Å². The first-order valence-corrected chi connectivity index (χ1v) is 9.20. The summed E-state index contributed by atoms with van der Waals surface area (Å²) in [5.41, 5.74) is 3.21. The highest BCUT2D eigenvalue weighted by Gasteiger charge is 2.33.